The summed E-state index contributed by atoms with van der Waals surface area (Å²) in [5.74, 6) is -1.44. The number of carbonyl (C=O) groups is 3. The molecule has 0 bridgehead atoms. The van der Waals surface area contributed by atoms with Crippen molar-refractivity contribution < 1.29 is 24.2 Å². The molecule has 0 fully saturated rings. The molecule has 0 saturated heterocycles. The smallest absolute Gasteiger partial charge is 0.326 e. The molecular weight excluding hydrogens is 252 g/mol. The fourth-order valence-electron chi connectivity index (χ4n) is 1.27. The Morgan fingerprint density at radius 3 is 2.63 bits per heavy atom. The van der Waals surface area contributed by atoms with Gasteiger partial charge in [-0.25, -0.2) is 9.59 Å². The number of carboxylic acids is 1. The first-order valence-corrected chi connectivity index (χ1v) is 6.05. The molecule has 0 aromatic rings. The minimum Gasteiger partial charge on any atom is -0.480 e. The lowest BCUT2D eigenvalue weighted by Crippen LogP contribution is -2.46. The van der Waals surface area contributed by atoms with Crippen LogP contribution in [0.1, 0.15) is 26.2 Å². The molecule has 3 N–H and O–H groups in total. The normalized spacial score (nSPS) is 11.2. The fourth-order valence-corrected chi connectivity index (χ4v) is 1.27. The third-order valence-electron chi connectivity index (χ3n) is 2.15. The van der Waals surface area contributed by atoms with Crippen LogP contribution in [0.25, 0.3) is 0 Å². The Morgan fingerprint density at radius 1 is 1.42 bits per heavy atom. The zero-order chi connectivity index (χ0) is 14.7. The number of esters is 1. The molecular formula is C12H20N2O5. The first kappa shape index (κ1) is 16.9. The van der Waals surface area contributed by atoms with Crippen molar-refractivity contribution in [3.8, 4) is 0 Å². The Balaban J connectivity index is 3.82. The van der Waals surface area contributed by atoms with Gasteiger partial charge in [0.2, 0.25) is 0 Å². The van der Waals surface area contributed by atoms with Crippen LogP contribution < -0.4 is 10.6 Å². The minimum atomic E-state index is -1.12. The van der Waals surface area contributed by atoms with Gasteiger partial charge in [0.15, 0.2) is 0 Å². The second-order valence-electron chi connectivity index (χ2n) is 3.72. The molecule has 0 rings (SSSR count). The molecule has 1 atom stereocenters. The zero-order valence-corrected chi connectivity index (χ0v) is 11.0. The predicted molar refractivity (Wildman–Crippen MR) is 68.6 cm³/mol. The Morgan fingerprint density at radius 2 is 2.11 bits per heavy atom. The number of hydrogen-bond acceptors (Lipinski definition) is 4. The van der Waals surface area contributed by atoms with Gasteiger partial charge in [-0.15, -0.1) is 6.58 Å². The van der Waals surface area contributed by atoms with E-state index in [1.807, 2.05) is 0 Å². The van der Waals surface area contributed by atoms with Crippen LogP contribution in [0, 0.1) is 0 Å². The SMILES string of the molecule is C=CCC(NC(=O)NCCCC(=O)OCC)C(=O)O. The third-order valence-corrected chi connectivity index (χ3v) is 2.15. The van der Waals surface area contributed by atoms with Crippen molar-refractivity contribution in [2.24, 2.45) is 0 Å². The molecule has 1 unspecified atom stereocenters. The average Bonchev–Trinajstić information content (AvgIpc) is 2.34. The van der Waals surface area contributed by atoms with Gasteiger partial charge in [-0.05, 0) is 19.8 Å². The summed E-state index contributed by atoms with van der Waals surface area (Å²) >= 11 is 0. The highest BCUT2D eigenvalue weighted by Gasteiger charge is 2.17. The first-order valence-electron chi connectivity index (χ1n) is 6.05. The van der Waals surface area contributed by atoms with Crippen molar-refractivity contribution in [1.29, 1.82) is 0 Å². The Hall–Kier alpha value is -2.05. The second-order valence-corrected chi connectivity index (χ2v) is 3.72. The van der Waals surface area contributed by atoms with Gasteiger partial charge in [0, 0.05) is 13.0 Å². The van der Waals surface area contributed by atoms with Crippen LogP contribution in [0.2, 0.25) is 0 Å². The van der Waals surface area contributed by atoms with E-state index in [9.17, 15) is 14.4 Å². The summed E-state index contributed by atoms with van der Waals surface area (Å²) in [4.78, 5) is 33.1. The standard InChI is InChI=1S/C12H20N2O5/c1-3-6-9(11(16)17)14-12(18)13-8-5-7-10(15)19-4-2/h3,9H,1,4-8H2,2H3,(H,16,17)(H2,13,14,18). The topological polar surface area (TPSA) is 105 Å². The summed E-state index contributed by atoms with van der Waals surface area (Å²) in [7, 11) is 0. The van der Waals surface area contributed by atoms with Crippen molar-refractivity contribution in [2.45, 2.75) is 32.2 Å². The predicted octanol–water partition coefficient (Wildman–Crippen LogP) is 0.658. The lowest BCUT2D eigenvalue weighted by molar-refractivity contribution is -0.143. The van der Waals surface area contributed by atoms with Gasteiger partial charge in [-0.1, -0.05) is 6.08 Å². The van der Waals surface area contributed by atoms with Gasteiger partial charge in [-0.3, -0.25) is 4.79 Å². The molecule has 0 aliphatic rings. The van der Waals surface area contributed by atoms with Gasteiger partial charge in [-0.2, -0.15) is 0 Å². The van der Waals surface area contributed by atoms with E-state index >= 15 is 0 Å². The molecule has 2 amide bonds. The van der Waals surface area contributed by atoms with Gasteiger partial charge in [0.1, 0.15) is 6.04 Å². The highest BCUT2D eigenvalue weighted by molar-refractivity contribution is 5.82. The van der Waals surface area contributed by atoms with Crippen molar-refractivity contribution in [3.05, 3.63) is 12.7 Å². The van der Waals surface area contributed by atoms with Crippen molar-refractivity contribution >= 4 is 18.0 Å². The summed E-state index contributed by atoms with van der Waals surface area (Å²) in [6.07, 6.45) is 2.21. The van der Waals surface area contributed by atoms with Crippen LogP contribution >= 0.6 is 0 Å². The number of hydrogen-bond donors (Lipinski definition) is 3. The van der Waals surface area contributed by atoms with Crippen LogP contribution in [0.15, 0.2) is 12.7 Å². The van der Waals surface area contributed by atoms with Crippen molar-refractivity contribution in [3.63, 3.8) is 0 Å². The number of nitrogens with one attached hydrogen (secondary N) is 2. The molecule has 0 aromatic heterocycles. The van der Waals surface area contributed by atoms with Crippen LogP contribution in [-0.4, -0.2) is 42.3 Å². The number of ether oxygens (including phenoxy) is 1. The number of amides is 2. The summed E-state index contributed by atoms with van der Waals surface area (Å²) < 4.78 is 4.72. The largest absolute Gasteiger partial charge is 0.480 e. The van der Waals surface area contributed by atoms with Gasteiger partial charge in [0.05, 0.1) is 6.61 Å². The minimum absolute atomic E-state index is 0.144. The highest BCUT2D eigenvalue weighted by atomic mass is 16.5. The molecule has 0 saturated carbocycles. The molecule has 0 aliphatic heterocycles. The van der Waals surface area contributed by atoms with E-state index < -0.39 is 18.0 Å². The lowest BCUT2D eigenvalue weighted by atomic mass is 10.2. The fraction of sp³-hybridized carbons (Fsp3) is 0.583. The molecule has 0 heterocycles. The van der Waals surface area contributed by atoms with Crippen molar-refractivity contribution in [1.82, 2.24) is 10.6 Å². The quantitative estimate of drug-likeness (QED) is 0.325. The first-order chi connectivity index (χ1) is 9.01. The molecule has 0 aromatic carbocycles. The van der Waals surface area contributed by atoms with Gasteiger partial charge < -0.3 is 20.5 Å². The maximum Gasteiger partial charge on any atom is 0.326 e. The lowest BCUT2D eigenvalue weighted by Gasteiger charge is -2.13. The van der Waals surface area contributed by atoms with E-state index in [1.54, 1.807) is 6.92 Å². The number of urea groups is 1. The number of carboxylic acid groups (broad SMARTS) is 1. The zero-order valence-electron chi connectivity index (χ0n) is 11.0. The summed E-state index contributed by atoms with van der Waals surface area (Å²) in [5, 5.41) is 13.6. The number of carbonyl (C=O) groups excluding carboxylic acids is 2. The van der Waals surface area contributed by atoms with Crippen LogP contribution in [0.3, 0.4) is 0 Å². The molecule has 7 nitrogen and oxygen atoms in total. The van der Waals surface area contributed by atoms with E-state index in [2.05, 4.69) is 17.2 Å². The van der Waals surface area contributed by atoms with E-state index in [0.717, 1.165) is 0 Å². The second kappa shape index (κ2) is 9.93. The molecule has 0 spiro atoms. The average molecular weight is 272 g/mol. The Labute approximate surface area is 112 Å². The van der Waals surface area contributed by atoms with Crippen LogP contribution in [0.5, 0.6) is 0 Å². The number of aliphatic carboxylic acids is 1. The molecule has 108 valence electrons. The summed E-state index contributed by atoms with van der Waals surface area (Å²) in [6, 6.07) is -1.58. The molecule has 7 heteroatoms. The molecule has 19 heavy (non-hydrogen) atoms. The Kier molecular flexibility index (Phi) is 8.86. The van der Waals surface area contributed by atoms with Crippen LogP contribution in [-0.2, 0) is 14.3 Å². The maximum absolute atomic E-state index is 11.4. The summed E-state index contributed by atoms with van der Waals surface area (Å²) in [5.41, 5.74) is 0. The van der Waals surface area contributed by atoms with E-state index in [4.69, 9.17) is 9.84 Å². The Bertz CT molecular complexity index is 330. The third kappa shape index (κ3) is 8.64. The maximum atomic E-state index is 11.4. The monoisotopic (exact) mass is 272 g/mol. The number of rotatable bonds is 9. The van der Waals surface area contributed by atoms with Crippen LogP contribution in [0.4, 0.5) is 4.79 Å². The van der Waals surface area contributed by atoms with Gasteiger partial charge in [0.25, 0.3) is 0 Å². The van der Waals surface area contributed by atoms with E-state index in [0.29, 0.717) is 13.0 Å². The van der Waals surface area contributed by atoms with E-state index in [1.165, 1.54) is 6.08 Å². The van der Waals surface area contributed by atoms with Crippen molar-refractivity contribution in [2.75, 3.05) is 13.2 Å². The van der Waals surface area contributed by atoms with E-state index in [-0.39, 0.29) is 25.4 Å². The summed E-state index contributed by atoms with van der Waals surface area (Å²) in [6.45, 7) is 5.73. The highest BCUT2D eigenvalue weighted by Crippen LogP contribution is 1.94. The van der Waals surface area contributed by atoms with Gasteiger partial charge >= 0.3 is 18.0 Å². The molecule has 0 radical (unpaired) electrons. The molecule has 0 aliphatic carbocycles.